The monoisotopic (exact) mass is 360 g/mol. The second-order valence-corrected chi connectivity index (χ2v) is 7.15. The second kappa shape index (κ2) is 6.26. The molecule has 0 unspecified atom stereocenters. The highest BCUT2D eigenvalue weighted by Gasteiger charge is 2.29. The molecule has 0 amide bonds. The van der Waals surface area contributed by atoms with E-state index in [0.717, 1.165) is 27.5 Å². The molecule has 0 radical (unpaired) electrons. The molecule has 0 aliphatic heterocycles. The standard InChI is InChI=1S/C19H18ClFN2S/c1-12-10-13(4-9-16(12)20)19(2,3)17-11-22-18(24)23(17)15-7-5-14(21)6-8-15/h4-11H,1-3H3,(H,22,24). The second-order valence-electron chi connectivity index (χ2n) is 6.34. The smallest absolute Gasteiger partial charge is 0.169 e. The first-order valence-electron chi connectivity index (χ1n) is 7.60. The predicted molar refractivity (Wildman–Crippen MR) is 99.1 cm³/mol. The number of hydrogen-bond acceptors (Lipinski definition) is 2. The Hall–Kier alpha value is -1.78. The Kier molecular flexibility index (Phi) is 4.45. The van der Waals surface area contributed by atoms with Crippen LogP contribution in [0.25, 0.3) is 5.69 Å². The van der Waals surface area contributed by atoms with E-state index in [2.05, 4.69) is 37.5 Å². The van der Waals surface area contributed by atoms with E-state index in [4.69, 9.17) is 11.6 Å². The lowest BCUT2D eigenvalue weighted by atomic mass is 9.81. The van der Waals surface area contributed by atoms with E-state index in [-0.39, 0.29) is 11.2 Å². The van der Waals surface area contributed by atoms with Gasteiger partial charge in [0.2, 0.25) is 0 Å². The minimum Gasteiger partial charge on any atom is -0.291 e. The number of aromatic nitrogens is 2. The van der Waals surface area contributed by atoms with Crippen molar-refractivity contribution in [1.82, 2.24) is 9.55 Å². The number of imidazole rings is 1. The topological polar surface area (TPSA) is 17.8 Å². The summed E-state index contributed by atoms with van der Waals surface area (Å²) in [6.07, 6.45) is 1.82. The van der Waals surface area contributed by atoms with Gasteiger partial charge in [-0.1, -0.05) is 37.6 Å². The van der Waals surface area contributed by atoms with Crippen molar-refractivity contribution in [2.45, 2.75) is 31.3 Å². The van der Waals surface area contributed by atoms with Gasteiger partial charge in [-0.05, 0) is 48.4 Å². The Morgan fingerprint density at radius 3 is 2.42 bits per heavy atom. The minimum atomic E-state index is -0.322. The first kappa shape index (κ1) is 17.1. The molecule has 3 aromatic rings. The van der Waals surface area contributed by atoms with Crippen LogP contribution < -0.4 is 0 Å². The molecule has 0 saturated carbocycles. The lowest BCUT2D eigenvalue weighted by molar-refractivity contribution is 0.591. The van der Waals surface area contributed by atoms with Crippen molar-refractivity contribution in [3.8, 4) is 5.69 Å². The van der Waals surface area contributed by atoms with Crippen molar-refractivity contribution >= 4 is 24.2 Å². The molecule has 1 aromatic heterocycles. The summed E-state index contributed by atoms with van der Waals surface area (Å²) in [5.74, 6) is -0.270. The molecule has 0 spiro atoms. The highest BCUT2D eigenvalue weighted by atomic mass is 35.5. The number of hydrogen-bond donors (Lipinski definition) is 1. The summed E-state index contributed by atoms with van der Waals surface area (Å²) < 4.78 is 15.2. The van der Waals surface area contributed by atoms with Crippen molar-refractivity contribution in [2.75, 3.05) is 0 Å². The first-order chi connectivity index (χ1) is 11.3. The van der Waals surface area contributed by atoms with Crippen molar-refractivity contribution < 1.29 is 4.39 Å². The Morgan fingerprint density at radius 1 is 1.12 bits per heavy atom. The van der Waals surface area contributed by atoms with Crippen LogP contribution >= 0.6 is 24.2 Å². The molecule has 0 aliphatic carbocycles. The van der Waals surface area contributed by atoms with Gasteiger partial charge in [0.25, 0.3) is 0 Å². The molecule has 2 aromatic carbocycles. The van der Waals surface area contributed by atoms with Gasteiger partial charge in [0.1, 0.15) is 5.82 Å². The molecule has 0 fully saturated rings. The molecule has 5 heteroatoms. The quantitative estimate of drug-likeness (QED) is 0.603. The van der Waals surface area contributed by atoms with Crippen LogP contribution in [-0.2, 0) is 5.41 Å². The highest BCUT2D eigenvalue weighted by Crippen LogP contribution is 2.35. The Labute approximate surface area is 151 Å². The van der Waals surface area contributed by atoms with E-state index < -0.39 is 0 Å². The zero-order valence-corrected chi connectivity index (χ0v) is 15.4. The lowest BCUT2D eigenvalue weighted by Gasteiger charge is -2.27. The van der Waals surface area contributed by atoms with E-state index >= 15 is 0 Å². The number of rotatable bonds is 3. The van der Waals surface area contributed by atoms with Gasteiger partial charge in [-0.3, -0.25) is 4.57 Å². The summed E-state index contributed by atoms with van der Waals surface area (Å²) in [6, 6.07) is 12.3. The molecule has 124 valence electrons. The molecule has 0 saturated heterocycles. The van der Waals surface area contributed by atoms with Gasteiger partial charge in [-0.25, -0.2) is 9.37 Å². The molecular formula is C19H18ClFN2S. The third-order valence-electron chi connectivity index (χ3n) is 4.35. The normalized spacial score (nSPS) is 11.8. The van der Waals surface area contributed by atoms with Crippen LogP contribution in [0.5, 0.6) is 0 Å². The van der Waals surface area contributed by atoms with Crippen LogP contribution in [-0.4, -0.2) is 9.55 Å². The predicted octanol–water partition coefficient (Wildman–Crippen LogP) is 5.59. The summed E-state index contributed by atoms with van der Waals surface area (Å²) >= 11 is 10.6. The van der Waals surface area contributed by atoms with Gasteiger partial charge in [-0.2, -0.15) is 0 Å². The maximum absolute atomic E-state index is 13.3. The Balaban J connectivity index is 2.15. The molecular weight excluding hydrogens is 343 g/mol. The van der Waals surface area contributed by atoms with E-state index in [0.29, 0.717) is 5.16 Å². The van der Waals surface area contributed by atoms with Crippen LogP contribution in [0.15, 0.2) is 53.8 Å². The number of benzene rings is 2. The highest BCUT2D eigenvalue weighted by molar-refractivity contribution is 7.80. The maximum atomic E-state index is 13.3. The number of aryl methyl sites for hydroxylation is 1. The Bertz CT molecular complexity index is 885. The summed E-state index contributed by atoms with van der Waals surface area (Å²) in [5, 5.41) is 1.31. The lowest BCUT2D eigenvalue weighted by Crippen LogP contribution is -2.23. The van der Waals surface area contributed by atoms with E-state index in [9.17, 15) is 4.39 Å². The number of thiol groups is 1. The van der Waals surface area contributed by atoms with Crippen LogP contribution in [0, 0.1) is 12.7 Å². The minimum absolute atomic E-state index is 0.270. The zero-order valence-electron chi connectivity index (χ0n) is 13.7. The molecule has 1 heterocycles. The van der Waals surface area contributed by atoms with Crippen molar-refractivity contribution in [3.63, 3.8) is 0 Å². The van der Waals surface area contributed by atoms with E-state index in [1.807, 2.05) is 29.8 Å². The van der Waals surface area contributed by atoms with E-state index in [1.54, 1.807) is 12.1 Å². The van der Waals surface area contributed by atoms with Crippen LogP contribution in [0.3, 0.4) is 0 Å². The molecule has 0 aliphatic rings. The van der Waals surface area contributed by atoms with Gasteiger partial charge in [-0.15, -0.1) is 12.6 Å². The van der Waals surface area contributed by atoms with Crippen molar-refractivity contribution in [2.24, 2.45) is 0 Å². The average molecular weight is 361 g/mol. The third-order valence-corrected chi connectivity index (χ3v) is 5.09. The largest absolute Gasteiger partial charge is 0.291 e. The summed E-state index contributed by atoms with van der Waals surface area (Å²) in [4.78, 5) is 4.35. The summed E-state index contributed by atoms with van der Waals surface area (Å²) in [6.45, 7) is 6.24. The van der Waals surface area contributed by atoms with Crippen molar-refractivity contribution in [3.05, 3.63) is 76.3 Å². The SMILES string of the molecule is Cc1cc(C(C)(C)c2cnc(S)n2-c2ccc(F)cc2)ccc1Cl. The fraction of sp³-hybridized carbons (Fsp3) is 0.211. The molecule has 2 nitrogen and oxygen atoms in total. The van der Waals surface area contributed by atoms with E-state index in [1.165, 1.54) is 12.1 Å². The van der Waals surface area contributed by atoms with Crippen LogP contribution in [0.1, 0.15) is 30.7 Å². The van der Waals surface area contributed by atoms with Crippen molar-refractivity contribution in [1.29, 1.82) is 0 Å². The number of halogens is 2. The molecule has 0 bridgehead atoms. The van der Waals surface area contributed by atoms with Crippen LogP contribution in [0.4, 0.5) is 4.39 Å². The van der Waals surface area contributed by atoms with Gasteiger partial charge >= 0.3 is 0 Å². The third kappa shape index (κ3) is 2.96. The fourth-order valence-corrected chi connectivity index (χ4v) is 3.21. The fourth-order valence-electron chi connectivity index (χ4n) is 2.81. The van der Waals surface area contributed by atoms with Gasteiger partial charge < -0.3 is 0 Å². The average Bonchev–Trinajstić information content (AvgIpc) is 2.93. The molecule has 3 rings (SSSR count). The molecule has 24 heavy (non-hydrogen) atoms. The molecule has 0 N–H and O–H groups in total. The van der Waals surface area contributed by atoms with Gasteiger partial charge in [0.05, 0.1) is 11.9 Å². The number of nitrogens with zero attached hydrogens (tertiary/aromatic N) is 2. The molecule has 0 atom stereocenters. The first-order valence-corrected chi connectivity index (χ1v) is 8.43. The van der Waals surface area contributed by atoms with Gasteiger partial charge in [0, 0.05) is 16.1 Å². The Morgan fingerprint density at radius 2 is 1.79 bits per heavy atom. The summed E-state index contributed by atoms with van der Waals surface area (Å²) in [7, 11) is 0. The van der Waals surface area contributed by atoms with Crippen LogP contribution in [0.2, 0.25) is 5.02 Å². The van der Waals surface area contributed by atoms with Gasteiger partial charge in [0.15, 0.2) is 5.16 Å². The maximum Gasteiger partial charge on any atom is 0.169 e. The summed E-state index contributed by atoms with van der Waals surface area (Å²) in [5.41, 5.74) is 3.63. The zero-order chi connectivity index (χ0) is 17.5.